The predicted molar refractivity (Wildman–Crippen MR) is 76.1 cm³/mol. The minimum atomic E-state index is 0.264. The summed E-state index contributed by atoms with van der Waals surface area (Å²) in [6.45, 7) is 0.264. The lowest BCUT2D eigenvalue weighted by molar-refractivity contribution is 0.243. The molecule has 0 unspecified atom stereocenters. The predicted octanol–water partition coefficient (Wildman–Crippen LogP) is 4.14. The molecule has 0 aliphatic carbocycles. The number of nitrogens with zero attached hydrogens (tertiary/aromatic N) is 2. The lowest BCUT2D eigenvalue weighted by Gasteiger charge is -2.02. The summed E-state index contributed by atoms with van der Waals surface area (Å²) < 4.78 is 11.7. The van der Waals surface area contributed by atoms with Crippen LogP contribution in [0.25, 0.3) is 10.7 Å². The van der Waals surface area contributed by atoms with Gasteiger partial charge >= 0.3 is 0 Å². The Labute approximate surface area is 122 Å². The minimum Gasteiger partial charge on any atom is -0.484 e. The van der Waals surface area contributed by atoms with Gasteiger partial charge in [-0.05, 0) is 35.7 Å². The van der Waals surface area contributed by atoms with Gasteiger partial charge in [-0.1, -0.05) is 27.2 Å². The minimum absolute atomic E-state index is 0.264. The van der Waals surface area contributed by atoms with Crippen LogP contribution in [0.2, 0.25) is 0 Å². The summed E-state index contributed by atoms with van der Waals surface area (Å²) in [4.78, 5) is 5.27. The van der Waals surface area contributed by atoms with Gasteiger partial charge in [-0.15, -0.1) is 11.3 Å². The van der Waals surface area contributed by atoms with Crippen molar-refractivity contribution in [2.24, 2.45) is 0 Å². The second kappa shape index (κ2) is 5.54. The maximum absolute atomic E-state index is 5.56. The van der Waals surface area contributed by atoms with Crippen molar-refractivity contribution in [1.82, 2.24) is 10.1 Å². The summed E-state index contributed by atoms with van der Waals surface area (Å²) in [5.41, 5.74) is 0. The van der Waals surface area contributed by atoms with Crippen molar-refractivity contribution in [3.63, 3.8) is 0 Å². The van der Waals surface area contributed by atoms with Crippen molar-refractivity contribution in [3.05, 3.63) is 52.1 Å². The first-order chi connectivity index (χ1) is 9.31. The molecule has 0 spiro atoms. The van der Waals surface area contributed by atoms with Crippen molar-refractivity contribution >= 4 is 27.3 Å². The summed E-state index contributed by atoms with van der Waals surface area (Å²) in [5.74, 6) is 1.83. The molecule has 0 amide bonds. The van der Waals surface area contributed by atoms with Crippen LogP contribution in [0.5, 0.6) is 5.75 Å². The highest BCUT2D eigenvalue weighted by molar-refractivity contribution is 9.10. The summed E-state index contributed by atoms with van der Waals surface area (Å²) in [5, 5.41) is 5.90. The monoisotopic (exact) mass is 336 g/mol. The largest absolute Gasteiger partial charge is 0.484 e. The van der Waals surface area contributed by atoms with Crippen LogP contribution in [-0.4, -0.2) is 10.1 Å². The molecule has 0 saturated heterocycles. The Morgan fingerprint density at radius 3 is 2.79 bits per heavy atom. The van der Waals surface area contributed by atoms with Gasteiger partial charge < -0.3 is 9.26 Å². The van der Waals surface area contributed by atoms with Gasteiger partial charge in [0.15, 0.2) is 6.61 Å². The Balaban J connectivity index is 1.66. The SMILES string of the molecule is Brc1ccc(OCc2nc(-c3cccs3)no2)cc1. The third-order valence-corrected chi connectivity index (χ3v) is 3.78. The molecular formula is C13H9BrN2O2S. The van der Waals surface area contributed by atoms with Crippen molar-refractivity contribution in [2.75, 3.05) is 0 Å². The molecule has 3 rings (SSSR count). The molecule has 0 aliphatic rings. The fraction of sp³-hybridized carbons (Fsp3) is 0.0769. The maximum atomic E-state index is 5.56. The van der Waals surface area contributed by atoms with Crippen molar-refractivity contribution in [3.8, 4) is 16.5 Å². The molecule has 19 heavy (non-hydrogen) atoms. The van der Waals surface area contributed by atoms with E-state index >= 15 is 0 Å². The third kappa shape index (κ3) is 3.02. The van der Waals surface area contributed by atoms with Gasteiger partial charge in [0.05, 0.1) is 4.88 Å². The highest BCUT2D eigenvalue weighted by Crippen LogP contribution is 2.22. The fourth-order valence-electron chi connectivity index (χ4n) is 1.50. The van der Waals surface area contributed by atoms with Crippen LogP contribution in [0, 0.1) is 0 Å². The standard InChI is InChI=1S/C13H9BrN2O2S/c14-9-3-5-10(6-4-9)17-8-12-15-13(16-18-12)11-2-1-7-19-11/h1-7H,8H2. The van der Waals surface area contributed by atoms with Crippen LogP contribution in [0.15, 0.2) is 50.8 Å². The molecule has 0 atom stereocenters. The lowest BCUT2D eigenvalue weighted by Crippen LogP contribution is -1.95. The lowest BCUT2D eigenvalue weighted by atomic mass is 10.3. The zero-order chi connectivity index (χ0) is 13.1. The van der Waals surface area contributed by atoms with Crippen LogP contribution in [0.4, 0.5) is 0 Å². The number of thiophene rings is 1. The van der Waals surface area contributed by atoms with E-state index in [0.717, 1.165) is 15.1 Å². The van der Waals surface area contributed by atoms with Crippen molar-refractivity contribution in [2.45, 2.75) is 6.61 Å². The van der Waals surface area contributed by atoms with Gasteiger partial charge in [0.25, 0.3) is 5.89 Å². The number of ether oxygens (including phenoxy) is 1. The van der Waals surface area contributed by atoms with Gasteiger partial charge in [0.1, 0.15) is 5.75 Å². The number of hydrogen-bond donors (Lipinski definition) is 0. The van der Waals surface area contributed by atoms with Gasteiger partial charge in [0.2, 0.25) is 5.82 Å². The molecule has 3 aromatic rings. The molecule has 0 saturated carbocycles. The molecule has 0 bridgehead atoms. The molecule has 0 N–H and O–H groups in total. The molecular weight excluding hydrogens is 328 g/mol. The van der Waals surface area contributed by atoms with Gasteiger partial charge in [-0.3, -0.25) is 0 Å². The molecule has 0 radical (unpaired) electrons. The van der Waals surface area contributed by atoms with E-state index in [1.807, 2.05) is 41.8 Å². The number of rotatable bonds is 4. The molecule has 4 nitrogen and oxygen atoms in total. The second-order valence-corrected chi connectivity index (χ2v) is 5.59. The quantitative estimate of drug-likeness (QED) is 0.718. The average molecular weight is 337 g/mol. The Hall–Kier alpha value is -1.66. The van der Waals surface area contributed by atoms with E-state index in [-0.39, 0.29) is 6.61 Å². The smallest absolute Gasteiger partial charge is 0.264 e. The Bertz CT molecular complexity index is 650. The molecule has 2 aromatic heterocycles. The molecule has 0 aliphatic heterocycles. The highest BCUT2D eigenvalue weighted by Gasteiger charge is 2.09. The average Bonchev–Trinajstić information content (AvgIpc) is 3.09. The molecule has 0 fully saturated rings. The molecule has 2 heterocycles. The highest BCUT2D eigenvalue weighted by atomic mass is 79.9. The molecule has 6 heteroatoms. The number of aromatic nitrogens is 2. The third-order valence-electron chi connectivity index (χ3n) is 2.39. The van der Waals surface area contributed by atoms with E-state index in [2.05, 4.69) is 26.1 Å². The topological polar surface area (TPSA) is 48.2 Å². The second-order valence-electron chi connectivity index (χ2n) is 3.73. The van der Waals surface area contributed by atoms with Gasteiger partial charge in [0, 0.05) is 4.47 Å². The van der Waals surface area contributed by atoms with E-state index in [0.29, 0.717) is 11.7 Å². The van der Waals surface area contributed by atoms with E-state index in [4.69, 9.17) is 9.26 Å². The summed E-state index contributed by atoms with van der Waals surface area (Å²) in [6.07, 6.45) is 0. The maximum Gasteiger partial charge on any atom is 0.264 e. The van der Waals surface area contributed by atoms with Crippen LogP contribution >= 0.6 is 27.3 Å². The fourth-order valence-corrected chi connectivity index (χ4v) is 2.41. The summed E-state index contributed by atoms with van der Waals surface area (Å²) >= 11 is 4.95. The Morgan fingerprint density at radius 1 is 1.21 bits per heavy atom. The van der Waals surface area contributed by atoms with Gasteiger partial charge in [-0.2, -0.15) is 4.98 Å². The van der Waals surface area contributed by atoms with Crippen LogP contribution in [-0.2, 0) is 6.61 Å². The van der Waals surface area contributed by atoms with Crippen LogP contribution < -0.4 is 4.74 Å². The van der Waals surface area contributed by atoms with E-state index in [9.17, 15) is 0 Å². The first kappa shape index (κ1) is 12.4. The first-order valence-electron chi connectivity index (χ1n) is 5.56. The summed E-state index contributed by atoms with van der Waals surface area (Å²) in [7, 11) is 0. The van der Waals surface area contributed by atoms with Crippen LogP contribution in [0.1, 0.15) is 5.89 Å². The number of hydrogen-bond acceptors (Lipinski definition) is 5. The van der Waals surface area contributed by atoms with Crippen molar-refractivity contribution < 1.29 is 9.26 Å². The van der Waals surface area contributed by atoms with Crippen molar-refractivity contribution in [1.29, 1.82) is 0 Å². The normalized spacial score (nSPS) is 10.6. The zero-order valence-electron chi connectivity index (χ0n) is 9.75. The number of halogens is 1. The Kier molecular flexibility index (Phi) is 3.61. The number of benzene rings is 1. The molecule has 96 valence electrons. The zero-order valence-corrected chi connectivity index (χ0v) is 12.1. The van der Waals surface area contributed by atoms with Gasteiger partial charge in [-0.25, -0.2) is 0 Å². The van der Waals surface area contributed by atoms with Crippen LogP contribution in [0.3, 0.4) is 0 Å². The summed E-state index contributed by atoms with van der Waals surface area (Å²) in [6, 6.07) is 11.5. The van der Waals surface area contributed by atoms with E-state index in [1.54, 1.807) is 11.3 Å². The Morgan fingerprint density at radius 2 is 2.05 bits per heavy atom. The molecule has 1 aromatic carbocycles. The van der Waals surface area contributed by atoms with E-state index < -0.39 is 0 Å². The van der Waals surface area contributed by atoms with E-state index in [1.165, 1.54) is 0 Å². The first-order valence-corrected chi connectivity index (χ1v) is 7.23.